The Morgan fingerprint density at radius 2 is 2.41 bits per heavy atom. The monoisotopic (exact) mass is 258 g/mol. The first-order valence-electron chi connectivity index (χ1n) is 5.56. The molecule has 0 aliphatic carbocycles. The molecule has 0 bridgehead atoms. The second-order valence-corrected chi connectivity index (χ2v) is 4.35. The van der Waals surface area contributed by atoms with E-state index in [1.165, 1.54) is 11.8 Å². The van der Waals surface area contributed by atoms with Crippen molar-refractivity contribution in [2.75, 3.05) is 26.0 Å². The molecule has 0 unspecified atom stereocenters. The third-order valence-corrected chi connectivity index (χ3v) is 2.87. The second kappa shape index (κ2) is 8.08. The minimum absolute atomic E-state index is 0.00560. The number of aromatic nitrogens is 3. The molecular formula is C10H18N4O2S. The van der Waals surface area contributed by atoms with Gasteiger partial charge in [-0.2, -0.15) is 0 Å². The number of thioether (sulfide) groups is 1. The van der Waals surface area contributed by atoms with Gasteiger partial charge in [-0.3, -0.25) is 9.89 Å². The molecule has 96 valence electrons. The molecule has 0 aliphatic rings. The first kappa shape index (κ1) is 14.0. The highest BCUT2D eigenvalue weighted by molar-refractivity contribution is 7.99. The molecule has 17 heavy (non-hydrogen) atoms. The van der Waals surface area contributed by atoms with Crippen LogP contribution in [0.25, 0.3) is 0 Å². The van der Waals surface area contributed by atoms with Gasteiger partial charge in [-0.25, -0.2) is 4.98 Å². The zero-order valence-corrected chi connectivity index (χ0v) is 11.0. The highest BCUT2D eigenvalue weighted by Crippen LogP contribution is 2.11. The van der Waals surface area contributed by atoms with E-state index in [-0.39, 0.29) is 5.91 Å². The quantitative estimate of drug-likeness (QED) is 0.527. The average molecular weight is 258 g/mol. The van der Waals surface area contributed by atoms with Gasteiger partial charge in [0.05, 0.1) is 5.75 Å². The van der Waals surface area contributed by atoms with Gasteiger partial charge in [0.15, 0.2) is 0 Å². The van der Waals surface area contributed by atoms with Gasteiger partial charge in [0.2, 0.25) is 11.1 Å². The van der Waals surface area contributed by atoms with Crippen LogP contribution in [0.15, 0.2) is 5.16 Å². The number of carbonyl (C=O) groups is 1. The number of aromatic amines is 1. The van der Waals surface area contributed by atoms with Gasteiger partial charge < -0.3 is 10.1 Å². The summed E-state index contributed by atoms with van der Waals surface area (Å²) >= 11 is 1.33. The Hall–Kier alpha value is -1.08. The summed E-state index contributed by atoms with van der Waals surface area (Å²) in [6.45, 7) is 3.30. The van der Waals surface area contributed by atoms with Crippen molar-refractivity contribution in [3.05, 3.63) is 5.82 Å². The minimum atomic E-state index is -0.00560. The van der Waals surface area contributed by atoms with Gasteiger partial charge >= 0.3 is 0 Å². The molecule has 7 heteroatoms. The summed E-state index contributed by atoms with van der Waals surface area (Å²) in [4.78, 5) is 15.6. The summed E-state index contributed by atoms with van der Waals surface area (Å²) in [5.41, 5.74) is 0. The van der Waals surface area contributed by atoms with Crippen LogP contribution in [0, 0.1) is 0 Å². The summed E-state index contributed by atoms with van der Waals surface area (Å²) < 4.78 is 4.89. The molecule has 2 N–H and O–H groups in total. The van der Waals surface area contributed by atoms with E-state index in [4.69, 9.17) is 4.74 Å². The number of nitrogens with one attached hydrogen (secondary N) is 2. The number of nitrogens with zero attached hydrogens (tertiary/aromatic N) is 2. The van der Waals surface area contributed by atoms with Crippen molar-refractivity contribution in [3.63, 3.8) is 0 Å². The van der Waals surface area contributed by atoms with E-state index in [9.17, 15) is 4.79 Å². The van der Waals surface area contributed by atoms with E-state index in [0.717, 1.165) is 18.7 Å². The highest BCUT2D eigenvalue weighted by atomic mass is 32.2. The van der Waals surface area contributed by atoms with E-state index < -0.39 is 0 Å². The Balaban J connectivity index is 2.14. The predicted octanol–water partition coefficient (Wildman–Crippen LogP) is 0.612. The van der Waals surface area contributed by atoms with Crippen molar-refractivity contribution in [1.29, 1.82) is 0 Å². The molecular weight excluding hydrogens is 240 g/mol. The van der Waals surface area contributed by atoms with Gasteiger partial charge in [0, 0.05) is 26.7 Å². The lowest BCUT2D eigenvalue weighted by Crippen LogP contribution is -2.26. The molecule has 1 aromatic rings. The lowest BCUT2D eigenvalue weighted by Gasteiger charge is -2.02. The number of hydrogen-bond acceptors (Lipinski definition) is 5. The lowest BCUT2D eigenvalue weighted by atomic mass is 10.4. The molecule has 0 fully saturated rings. The summed E-state index contributed by atoms with van der Waals surface area (Å²) in [5, 5.41) is 10.2. The van der Waals surface area contributed by atoms with Crippen molar-refractivity contribution in [2.45, 2.75) is 24.9 Å². The molecule has 0 aromatic carbocycles. The van der Waals surface area contributed by atoms with Crippen LogP contribution >= 0.6 is 11.8 Å². The zero-order valence-electron chi connectivity index (χ0n) is 10.2. The molecule has 1 aromatic heterocycles. The van der Waals surface area contributed by atoms with Gasteiger partial charge in [0.25, 0.3) is 0 Å². The number of aryl methyl sites for hydroxylation is 1. The number of rotatable bonds is 8. The maximum Gasteiger partial charge on any atom is 0.230 e. The molecule has 1 amide bonds. The van der Waals surface area contributed by atoms with Crippen LogP contribution in [0.1, 0.15) is 19.2 Å². The van der Waals surface area contributed by atoms with Crippen molar-refractivity contribution in [1.82, 2.24) is 20.5 Å². The smallest absolute Gasteiger partial charge is 0.230 e. The number of ether oxygens (including phenoxy) is 1. The molecule has 0 radical (unpaired) electrons. The Bertz CT molecular complexity index is 343. The molecule has 1 rings (SSSR count). The van der Waals surface area contributed by atoms with Gasteiger partial charge in [-0.1, -0.05) is 18.7 Å². The summed E-state index contributed by atoms with van der Waals surface area (Å²) in [5.74, 6) is 1.18. The van der Waals surface area contributed by atoms with E-state index in [1.807, 2.05) is 6.92 Å². The second-order valence-electron chi connectivity index (χ2n) is 3.40. The molecule has 0 saturated carbocycles. The number of hydrogen-bond donors (Lipinski definition) is 2. The maximum atomic E-state index is 11.4. The molecule has 1 heterocycles. The van der Waals surface area contributed by atoms with Crippen LogP contribution in [0.2, 0.25) is 0 Å². The fourth-order valence-corrected chi connectivity index (χ4v) is 1.77. The Labute approximate surface area is 105 Å². The van der Waals surface area contributed by atoms with Crippen LogP contribution in [0.4, 0.5) is 0 Å². The van der Waals surface area contributed by atoms with Crippen LogP contribution in [0.3, 0.4) is 0 Å². The summed E-state index contributed by atoms with van der Waals surface area (Å²) in [7, 11) is 1.65. The van der Waals surface area contributed by atoms with Crippen molar-refractivity contribution in [3.8, 4) is 0 Å². The molecule has 0 atom stereocenters. The fraction of sp³-hybridized carbons (Fsp3) is 0.700. The van der Waals surface area contributed by atoms with Crippen LogP contribution in [0.5, 0.6) is 0 Å². The molecule has 0 spiro atoms. The van der Waals surface area contributed by atoms with Crippen molar-refractivity contribution >= 4 is 17.7 Å². The SMILES string of the molecule is CCc1nc(SCC(=O)NCCCOC)n[nH]1. The Kier molecular flexibility index (Phi) is 6.64. The molecule has 0 aliphatic heterocycles. The van der Waals surface area contributed by atoms with Gasteiger partial charge in [0.1, 0.15) is 5.82 Å². The topological polar surface area (TPSA) is 79.9 Å². The minimum Gasteiger partial charge on any atom is -0.385 e. The number of H-pyrrole nitrogens is 1. The van der Waals surface area contributed by atoms with Crippen LogP contribution in [-0.4, -0.2) is 47.1 Å². The van der Waals surface area contributed by atoms with E-state index in [1.54, 1.807) is 7.11 Å². The maximum absolute atomic E-state index is 11.4. The Morgan fingerprint density at radius 1 is 1.59 bits per heavy atom. The highest BCUT2D eigenvalue weighted by Gasteiger charge is 2.06. The zero-order chi connectivity index (χ0) is 12.5. The number of carbonyl (C=O) groups excluding carboxylic acids is 1. The van der Waals surface area contributed by atoms with Crippen LogP contribution < -0.4 is 5.32 Å². The van der Waals surface area contributed by atoms with E-state index >= 15 is 0 Å². The Morgan fingerprint density at radius 3 is 3.06 bits per heavy atom. The fourth-order valence-electron chi connectivity index (χ4n) is 1.13. The van der Waals surface area contributed by atoms with Gasteiger partial charge in [-0.15, -0.1) is 5.10 Å². The van der Waals surface area contributed by atoms with E-state index in [0.29, 0.717) is 24.1 Å². The summed E-state index contributed by atoms with van der Waals surface area (Å²) in [6, 6.07) is 0. The number of methoxy groups -OCH3 is 1. The number of amides is 1. The average Bonchev–Trinajstić information content (AvgIpc) is 2.80. The lowest BCUT2D eigenvalue weighted by molar-refractivity contribution is -0.118. The van der Waals surface area contributed by atoms with Crippen LogP contribution in [-0.2, 0) is 16.0 Å². The third-order valence-electron chi connectivity index (χ3n) is 2.03. The third kappa shape index (κ3) is 5.69. The van der Waals surface area contributed by atoms with Crippen molar-refractivity contribution < 1.29 is 9.53 Å². The predicted molar refractivity (Wildman–Crippen MR) is 66.0 cm³/mol. The summed E-state index contributed by atoms with van der Waals surface area (Å²) in [6.07, 6.45) is 1.64. The first-order valence-corrected chi connectivity index (χ1v) is 6.54. The normalized spacial score (nSPS) is 10.5. The molecule has 0 saturated heterocycles. The van der Waals surface area contributed by atoms with Crippen molar-refractivity contribution in [2.24, 2.45) is 0 Å². The van der Waals surface area contributed by atoms with E-state index in [2.05, 4.69) is 20.5 Å². The largest absolute Gasteiger partial charge is 0.385 e. The first-order chi connectivity index (χ1) is 8.26. The van der Waals surface area contributed by atoms with Gasteiger partial charge in [-0.05, 0) is 6.42 Å². The molecule has 6 nitrogen and oxygen atoms in total. The standard InChI is InChI=1S/C10H18N4O2S/c1-3-8-12-10(14-13-8)17-7-9(15)11-5-4-6-16-2/h3-7H2,1-2H3,(H,11,15)(H,12,13,14).